The van der Waals surface area contributed by atoms with Gasteiger partial charge in [-0.15, -0.1) is 0 Å². The number of nitrogens with one attached hydrogen (secondary N) is 1. The van der Waals surface area contributed by atoms with Crippen LogP contribution in [-0.2, 0) is 11.0 Å². The maximum absolute atomic E-state index is 12.7. The van der Waals surface area contributed by atoms with Crippen molar-refractivity contribution in [2.24, 2.45) is 0 Å². The van der Waals surface area contributed by atoms with Crippen LogP contribution in [0.25, 0.3) is 0 Å². The third kappa shape index (κ3) is 3.65. The van der Waals surface area contributed by atoms with Crippen LogP contribution in [-0.4, -0.2) is 11.7 Å². The highest BCUT2D eigenvalue weighted by atomic mass is 35.5. The van der Waals surface area contributed by atoms with Gasteiger partial charge < -0.3 is 5.32 Å². The SMILES string of the molecule is O=C(Nc1ccccc1)C(=O)c1ccc(Cl)c(C(F)(F)F)c1. The van der Waals surface area contributed by atoms with Gasteiger partial charge in [0.1, 0.15) is 0 Å². The number of amides is 1. The average molecular weight is 328 g/mol. The lowest BCUT2D eigenvalue weighted by molar-refractivity contribution is -0.137. The first kappa shape index (κ1) is 16.0. The number of hydrogen-bond donors (Lipinski definition) is 1. The first-order valence-electron chi connectivity index (χ1n) is 6.06. The molecule has 0 aliphatic heterocycles. The number of hydrogen-bond acceptors (Lipinski definition) is 2. The smallest absolute Gasteiger partial charge is 0.319 e. The minimum Gasteiger partial charge on any atom is -0.319 e. The van der Waals surface area contributed by atoms with E-state index in [2.05, 4.69) is 5.32 Å². The Kier molecular flexibility index (Phi) is 4.51. The third-order valence-corrected chi connectivity index (χ3v) is 3.10. The van der Waals surface area contributed by atoms with Gasteiger partial charge in [0, 0.05) is 11.3 Å². The molecule has 1 amide bonds. The maximum atomic E-state index is 12.7. The van der Waals surface area contributed by atoms with Crippen LogP contribution in [0.3, 0.4) is 0 Å². The summed E-state index contributed by atoms with van der Waals surface area (Å²) in [5.41, 5.74) is -1.18. The molecule has 0 saturated heterocycles. The molecule has 0 saturated carbocycles. The van der Waals surface area contributed by atoms with Gasteiger partial charge in [0.15, 0.2) is 0 Å². The molecule has 0 spiro atoms. The number of ketones is 1. The predicted molar refractivity (Wildman–Crippen MR) is 75.9 cm³/mol. The Labute approximate surface area is 128 Å². The first-order valence-corrected chi connectivity index (χ1v) is 6.44. The summed E-state index contributed by atoms with van der Waals surface area (Å²) in [4.78, 5) is 23.7. The van der Waals surface area contributed by atoms with Gasteiger partial charge in [0.05, 0.1) is 10.6 Å². The Balaban J connectivity index is 2.24. The molecule has 0 unspecified atom stereocenters. The summed E-state index contributed by atoms with van der Waals surface area (Å²) in [6.45, 7) is 0. The van der Waals surface area contributed by atoms with Crippen molar-refractivity contribution in [3.8, 4) is 0 Å². The third-order valence-electron chi connectivity index (χ3n) is 2.77. The molecule has 3 nitrogen and oxygen atoms in total. The Morgan fingerprint density at radius 3 is 2.23 bits per heavy atom. The lowest BCUT2D eigenvalue weighted by atomic mass is 10.1. The van der Waals surface area contributed by atoms with Gasteiger partial charge in [-0.3, -0.25) is 9.59 Å². The van der Waals surface area contributed by atoms with E-state index in [9.17, 15) is 22.8 Å². The molecular formula is C15H9ClF3NO2. The molecule has 22 heavy (non-hydrogen) atoms. The van der Waals surface area contributed by atoms with E-state index in [4.69, 9.17) is 11.6 Å². The van der Waals surface area contributed by atoms with Crippen molar-refractivity contribution in [2.45, 2.75) is 6.18 Å². The van der Waals surface area contributed by atoms with Crippen molar-refractivity contribution < 1.29 is 22.8 Å². The van der Waals surface area contributed by atoms with Gasteiger partial charge in [-0.25, -0.2) is 0 Å². The zero-order chi connectivity index (χ0) is 16.3. The summed E-state index contributed by atoms with van der Waals surface area (Å²) in [7, 11) is 0. The number of alkyl halides is 3. The molecule has 0 aliphatic carbocycles. The van der Waals surface area contributed by atoms with Crippen molar-refractivity contribution in [2.75, 3.05) is 5.32 Å². The molecule has 2 aromatic rings. The number of carbonyl (C=O) groups excluding carboxylic acids is 2. The second kappa shape index (κ2) is 6.19. The standard InChI is InChI=1S/C15H9ClF3NO2/c16-12-7-6-9(8-11(12)15(17,18)19)13(21)14(22)20-10-4-2-1-3-5-10/h1-8H,(H,20,22). The average Bonchev–Trinajstić information content (AvgIpc) is 2.47. The molecule has 114 valence electrons. The lowest BCUT2D eigenvalue weighted by Gasteiger charge is -2.10. The van der Waals surface area contributed by atoms with Crippen LogP contribution in [0.15, 0.2) is 48.5 Å². The van der Waals surface area contributed by atoms with Crippen LogP contribution in [0.4, 0.5) is 18.9 Å². The maximum Gasteiger partial charge on any atom is 0.417 e. The first-order chi connectivity index (χ1) is 10.3. The minimum atomic E-state index is -4.71. The van der Waals surface area contributed by atoms with Crippen LogP contribution < -0.4 is 5.32 Å². The molecule has 7 heteroatoms. The highest BCUT2D eigenvalue weighted by Crippen LogP contribution is 2.35. The molecular weight excluding hydrogens is 319 g/mol. The van der Waals surface area contributed by atoms with E-state index in [1.807, 2.05) is 0 Å². The Morgan fingerprint density at radius 2 is 1.64 bits per heavy atom. The second-order valence-corrected chi connectivity index (χ2v) is 4.75. The zero-order valence-electron chi connectivity index (χ0n) is 10.9. The Bertz CT molecular complexity index is 714. The highest BCUT2D eigenvalue weighted by Gasteiger charge is 2.34. The fraction of sp³-hybridized carbons (Fsp3) is 0.0667. The van der Waals surface area contributed by atoms with Crippen molar-refractivity contribution in [1.29, 1.82) is 0 Å². The fourth-order valence-electron chi connectivity index (χ4n) is 1.72. The summed E-state index contributed by atoms with van der Waals surface area (Å²) in [6.07, 6.45) is -4.71. The van der Waals surface area contributed by atoms with Crippen LogP contribution in [0.2, 0.25) is 5.02 Å². The van der Waals surface area contributed by atoms with Crippen LogP contribution in [0, 0.1) is 0 Å². The van der Waals surface area contributed by atoms with E-state index in [1.165, 1.54) is 0 Å². The second-order valence-electron chi connectivity index (χ2n) is 4.34. The molecule has 2 aromatic carbocycles. The number of benzene rings is 2. The van der Waals surface area contributed by atoms with Crippen LogP contribution in [0.5, 0.6) is 0 Å². The Morgan fingerprint density at radius 1 is 1.00 bits per heavy atom. The van der Waals surface area contributed by atoms with E-state index in [0.29, 0.717) is 11.8 Å². The summed E-state index contributed by atoms with van der Waals surface area (Å²) in [5, 5.41) is 1.78. The summed E-state index contributed by atoms with van der Waals surface area (Å²) < 4.78 is 38.2. The number of para-hydroxylation sites is 1. The highest BCUT2D eigenvalue weighted by molar-refractivity contribution is 6.46. The number of anilines is 1. The van der Waals surface area contributed by atoms with Gasteiger partial charge in [0.2, 0.25) is 0 Å². The van der Waals surface area contributed by atoms with Crippen LogP contribution in [0.1, 0.15) is 15.9 Å². The van der Waals surface area contributed by atoms with Crippen molar-refractivity contribution >= 4 is 29.0 Å². The molecule has 0 heterocycles. The largest absolute Gasteiger partial charge is 0.417 e. The van der Waals surface area contributed by atoms with E-state index < -0.39 is 28.5 Å². The number of Topliss-reactive ketones (excluding diaryl/α,β-unsaturated/α-hetero) is 1. The van der Waals surface area contributed by atoms with E-state index in [1.54, 1.807) is 30.3 Å². The van der Waals surface area contributed by atoms with Gasteiger partial charge in [-0.2, -0.15) is 13.2 Å². The summed E-state index contributed by atoms with van der Waals surface area (Å²) in [6, 6.07) is 10.7. The summed E-state index contributed by atoms with van der Waals surface area (Å²) in [5.74, 6) is -2.10. The Hall–Kier alpha value is -2.34. The van der Waals surface area contributed by atoms with E-state index in [-0.39, 0.29) is 5.56 Å². The molecule has 0 aromatic heterocycles. The molecule has 0 atom stereocenters. The number of halogens is 4. The molecule has 0 aliphatic rings. The number of carbonyl (C=O) groups is 2. The number of rotatable bonds is 3. The van der Waals surface area contributed by atoms with Gasteiger partial charge in [-0.05, 0) is 30.3 Å². The van der Waals surface area contributed by atoms with Crippen molar-refractivity contribution in [3.63, 3.8) is 0 Å². The monoisotopic (exact) mass is 327 g/mol. The topological polar surface area (TPSA) is 46.2 Å². The van der Waals surface area contributed by atoms with Gasteiger partial charge >= 0.3 is 6.18 Å². The summed E-state index contributed by atoms with van der Waals surface area (Å²) >= 11 is 5.46. The van der Waals surface area contributed by atoms with Gasteiger partial charge in [0.25, 0.3) is 11.7 Å². The van der Waals surface area contributed by atoms with Crippen molar-refractivity contribution in [1.82, 2.24) is 0 Å². The van der Waals surface area contributed by atoms with E-state index >= 15 is 0 Å². The lowest BCUT2D eigenvalue weighted by Crippen LogP contribution is -2.23. The molecule has 0 fully saturated rings. The molecule has 0 radical (unpaired) electrons. The fourth-order valence-corrected chi connectivity index (χ4v) is 1.95. The normalized spacial score (nSPS) is 11.1. The van der Waals surface area contributed by atoms with Crippen LogP contribution >= 0.6 is 11.6 Å². The molecule has 2 rings (SSSR count). The van der Waals surface area contributed by atoms with Gasteiger partial charge in [-0.1, -0.05) is 29.8 Å². The van der Waals surface area contributed by atoms with Crippen molar-refractivity contribution in [3.05, 3.63) is 64.7 Å². The van der Waals surface area contributed by atoms with E-state index in [0.717, 1.165) is 12.1 Å². The quantitative estimate of drug-likeness (QED) is 0.679. The molecule has 0 bridgehead atoms. The zero-order valence-corrected chi connectivity index (χ0v) is 11.7. The molecule has 1 N–H and O–H groups in total. The predicted octanol–water partition coefficient (Wildman–Crippen LogP) is 4.18. The minimum absolute atomic E-state index is 0.367.